The maximum absolute atomic E-state index is 9.18. The van der Waals surface area contributed by atoms with Crippen LogP contribution in [0.5, 0.6) is 11.5 Å². The Kier molecular flexibility index (Phi) is 2.93. The van der Waals surface area contributed by atoms with Gasteiger partial charge in [-0.05, 0) is 30.3 Å². The molecule has 0 saturated heterocycles. The summed E-state index contributed by atoms with van der Waals surface area (Å²) < 4.78 is 5.22. The predicted molar refractivity (Wildman–Crippen MR) is 62.6 cm³/mol. The molecule has 0 saturated carbocycles. The van der Waals surface area contributed by atoms with Crippen LogP contribution in [0.1, 0.15) is 5.56 Å². The summed E-state index contributed by atoms with van der Waals surface area (Å²) in [5, 5.41) is 18.1. The van der Waals surface area contributed by atoms with Gasteiger partial charge in [-0.15, -0.1) is 0 Å². The van der Waals surface area contributed by atoms with Crippen LogP contribution in [-0.2, 0) is 0 Å². The number of ether oxygens (including phenoxy) is 1. The van der Waals surface area contributed by atoms with E-state index in [1.807, 2.05) is 0 Å². The second-order valence-electron chi connectivity index (χ2n) is 3.43. The third-order valence-corrected chi connectivity index (χ3v) is 2.35. The molecule has 0 aliphatic rings. The number of nitriles is 1. The summed E-state index contributed by atoms with van der Waals surface area (Å²) in [5.41, 5.74) is 1.92. The van der Waals surface area contributed by atoms with Crippen LogP contribution >= 0.6 is 0 Å². The van der Waals surface area contributed by atoms with Gasteiger partial charge in [0.1, 0.15) is 11.5 Å². The van der Waals surface area contributed by atoms with Crippen molar-refractivity contribution >= 4 is 0 Å². The molecule has 0 bridgehead atoms. The van der Waals surface area contributed by atoms with E-state index in [1.54, 1.807) is 37.4 Å². The van der Waals surface area contributed by atoms with Crippen LogP contribution in [0.15, 0.2) is 36.5 Å². The van der Waals surface area contributed by atoms with E-state index in [9.17, 15) is 5.11 Å². The highest BCUT2D eigenvalue weighted by atomic mass is 16.5. The van der Waals surface area contributed by atoms with Crippen molar-refractivity contribution in [2.45, 2.75) is 0 Å². The van der Waals surface area contributed by atoms with Crippen molar-refractivity contribution in [2.24, 2.45) is 0 Å². The van der Waals surface area contributed by atoms with Crippen molar-refractivity contribution in [3.8, 4) is 28.8 Å². The first-order valence-electron chi connectivity index (χ1n) is 4.98. The number of hydrogen-bond donors (Lipinski definition) is 1. The molecule has 1 aromatic heterocycles. The average molecular weight is 226 g/mol. The van der Waals surface area contributed by atoms with Gasteiger partial charge in [-0.25, -0.2) is 0 Å². The molecular formula is C13H10N2O2. The Balaban J connectivity index is 2.56. The summed E-state index contributed by atoms with van der Waals surface area (Å²) in [6.45, 7) is 0. The van der Waals surface area contributed by atoms with E-state index >= 15 is 0 Å². The topological polar surface area (TPSA) is 66.1 Å². The molecule has 1 aromatic carbocycles. The molecule has 4 nitrogen and oxygen atoms in total. The molecule has 0 amide bonds. The first-order chi connectivity index (χ1) is 8.24. The third-order valence-electron chi connectivity index (χ3n) is 2.35. The van der Waals surface area contributed by atoms with Gasteiger partial charge in [0.25, 0.3) is 0 Å². The van der Waals surface area contributed by atoms with Crippen LogP contribution in [-0.4, -0.2) is 17.2 Å². The van der Waals surface area contributed by atoms with E-state index in [4.69, 9.17) is 10.00 Å². The first kappa shape index (κ1) is 11.0. The number of aromatic hydroxyl groups is 1. The summed E-state index contributed by atoms with van der Waals surface area (Å²) in [5.74, 6) is 0.742. The van der Waals surface area contributed by atoms with Crippen LogP contribution in [0.3, 0.4) is 0 Å². The van der Waals surface area contributed by atoms with Gasteiger partial charge < -0.3 is 9.84 Å². The fraction of sp³-hybridized carbons (Fsp3) is 0.0769. The molecule has 0 radical (unpaired) electrons. The maximum atomic E-state index is 9.18. The van der Waals surface area contributed by atoms with Crippen molar-refractivity contribution in [3.63, 3.8) is 0 Å². The number of pyridine rings is 1. The Labute approximate surface area is 98.7 Å². The zero-order valence-electron chi connectivity index (χ0n) is 9.21. The van der Waals surface area contributed by atoms with E-state index in [1.165, 1.54) is 6.20 Å². The van der Waals surface area contributed by atoms with Gasteiger partial charge in [0, 0.05) is 5.56 Å². The Morgan fingerprint density at radius 2 is 2.12 bits per heavy atom. The summed E-state index contributed by atoms with van der Waals surface area (Å²) in [7, 11) is 1.56. The zero-order valence-corrected chi connectivity index (χ0v) is 9.21. The lowest BCUT2D eigenvalue weighted by atomic mass is 10.1. The largest absolute Gasteiger partial charge is 0.506 e. The Morgan fingerprint density at radius 3 is 2.71 bits per heavy atom. The van der Waals surface area contributed by atoms with E-state index < -0.39 is 0 Å². The van der Waals surface area contributed by atoms with Crippen molar-refractivity contribution < 1.29 is 9.84 Å². The van der Waals surface area contributed by atoms with E-state index in [2.05, 4.69) is 11.1 Å². The molecule has 2 rings (SSSR count). The van der Waals surface area contributed by atoms with Crippen molar-refractivity contribution in [2.75, 3.05) is 7.11 Å². The van der Waals surface area contributed by atoms with Crippen LogP contribution in [0, 0.1) is 11.3 Å². The lowest BCUT2D eigenvalue weighted by molar-refractivity contribution is 0.416. The number of rotatable bonds is 2. The van der Waals surface area contributed by atoms with E-state index in [0.29, 0.717) is 17.0 Å². The molecule has 0 spiro atoms. The molecule has 0 aliphatic carbocycles. The molecule has 2 aromatic rings. The van der Waals surface area contributed by atoms with Crippen LogP contribution in [0.2, 0.25) is 0 Å². The standard InChI is InChI=1S/C13H10N2O2/c1-17-13-5-2-9(7-14)6-11(13)12-4-3-10(16)8-15-12/h2-6,8,16H,1H3. The molecule has 4 heteroatoms. The van der Waals surface area contributed by atoms with Crippen LogP contribution in [0.4, 0.5) is 0 Å². The minimum atomic E-state index is 0.101. The Bertz CT molecular complexity index is 571. The molecule has 0 unspecified atom stereocenters. The summed E-state index contributed by atoms with van der Waals surface area (Å²) in [6, 6.07) is 10.4. The van der Waals surface area contributed by atoms with Crippen LogP contribution < -0.4 is 4.74 Å². The lowest BCUT2D eigenvalue weighted by Gasteiger charge is -2.08. The normalized spacial score (nSPS) is 9.65. The zero-order chi connectivity index (χ0) is 12.3. The second kappa shape index (κ2) is 4.54. The maximum Gasteiger partial charge on any atom is 0.133 e. The molecule has 1 N–H and O–H groups in total. The molecule has 17 heavy (non-hydrogen) atoms. The predicted octanol–water partition coefficient (Wildman–Crippen LogP) is 2.33. The highest BCUT2D eigenvalue weighted by molar-refractivity contribution is 5.69. The number of hydrogen-bond acceptors (Lipinski definition) is 4. The SMILES string of the molecule is COc1ccc(C#N)cc1-c1ccc(O)cn1. The van der Waals surface area contributed by atoms with E-state index in [0.717, 1.165) is 5.56 Å². The molecular weight excluding hydrogens is 216 g/mol. The summed E-state index contributed by atoms with van der Waals surface area (Å²) in [6.07, 6.45) is 1.35. The van der Waals surface area contributed by atoms with Gasteiger partial charge in [0.15, 0.2) is 0 Å². The van der Waals surface area contributed by atoms with Crippen LogP contribution in [0.25, 0.3) is 11.3 Å². The van der Waals surface area contributed by atoms with Gasteiger partial charge in [-0.1, -0.05) is 0 Å². The molecule has 0 aliphatic heterocycles. The summed E-state index contributed by atoms with van der Waals surface area (Å²) in [4.78, 5) is 4.09. The minimum Gasteiger partial charge on any atom is -0.506 e. The van der Waals surface area contributed by atoms with Crippen molar-refractivity contribution in [3.05, 3.63) is 42.1 Å². The molecule has 1 heterocycles. The quantitative estimate of drug-likeness (QED) is 0.853. The fourth-order valence-corrected chi connectivity index (χ4v) is 1.52. The first-order valence-corrected chi connectivity index (χ1v) is 4.98. The minimum absolute atomic E-state index is 0.101. The van der Waals surface area contributed by atoms with Gasteiger partial charge in [0.2, 0.25) is 0 Å². The van der Waals surface area contributed by atoms with Crippen molar-refractivity contribution in [1.82, 2.24) is 4.98 Å². The Morgan fingerprint density at radius 1 is 1.29 bits per heavy atom. The number of aromatic nitrogens is 1. The number of methoxy groups -OCH3 is 1. The monoisotopic (exact) mass is 226 g/mol. The fourth-order valence-electron chi connectivity index (χ4n) is 1.52. The van der Waals surface area contributed by atoms with Crippen molar-refractivity contribution in [1.29, 1.82) is 5.26 Å². The third kappa shape index (κ3) is 2.18. The van der Waals surface area contributed by atoms with Gasteiger partial charge >= 0.3 is 0 Å². The highest BCUT2D eigenvalue weighted by Crippen LogP contribution is 2.29. The van der Waals surface area contributed by atoms with Gasteiger partial charge in [0.05, 0.1) is 30.6 Å². The molecule has 0 atom stereocenters. The number of nitrogens with zero attached hydrogens (tertiary/aromatic N) is 2. The van der Waals surface area contributed by atoms with E-state index in [-0.39, 0.29) is 5.75 Å². The Hall–Kier alpha value is -2.54. The molecule has 0 fully saturated rings. The average Bonchev–Trinajstić information content (AvgIpc) is 2.39. The smallest absolute Gasteiger partial charge is 0.133 e. The van der Waals surface area contributed by atoms with Gasteiger partial charge in [-0.2, -0.15) is 5.26 Å². The number of benzene rings is 1. The summed E-state index contributed by atoms with van der Waals surface area (Å²) >= 11 is 0. The van der Waals surface area contributed by atoms with Gasteiger partial charge in [-0.3, -0.25) is 4.98 Å². The second-order valence-corrected chi connectivity index (χ2v) is 3.43. The lowest BCUT2D eigenvalue weighted by Crippen LogP contribution is -1.90. The molecule has 84 valence electrons. The highest BCUT2D eigenvalue weighted by Gasteiger charge is 2.08.